The zero-order chi connectivity index (χ0) is 22.4. The zero-order valence-corrected chi connectivity index (χ0v) is 18.9. The molecule has 1 heterocycles. The largest absolute Gasteiger partial charge is 0.348 e. The molecule has 0 atom stereocenters. The number of hydrogen-bond acceptors (Lipinski definition) is 5. The highest BCUT2D eigenvalue weighted by Crippen LogP contribution is 2.35. The molecule has 2 aromatic carbocycles. The van der Waals surface area contributed by atoms with E-state index in [2.05, 4.69) is 4.98 Å². The van der Waals surface area contributed by atoms with Gasteiger partial charge in [0.1, 0.15) is 0 Å². The van der Waals surface area contributed by atoms with E-state index in [9.17, 15) is 8.42 Å². The van der Waals surface area contributed by atoms with E-state index in [-0.39, 0.29) is 4.90 Å². The minimum absolute atomic E-state index is 0.0666. The number of nitrogens with zero attached hydrogens (tertiary/aromatic N) is 2. The summed E-state index contributed by atoms with van der Waals surface area (Å²) in [7, 11) is -0.870. The first-order chi connectivity index (χ1) is 14.1. The van der Waals surface area contributed by atoms with Crippen molar-refractivity contribution in [3.63, 3.8) is 0 Å². The molecule has 10 heteroatoms. The van der Waals surface area contributed by atoms with Crippen LogP contribution in [-0.4, -0.2) is 36.7 Å². The van der Waals surface area contributed by atoms with Gasteiger partial charge in [0.25, 0.3) is 10.1 Å². The predicted molar refractivity (Wildman–Crippen MR) is 115 cm³/mol. The van der Waals surface area contributed by atoms with Crippen molar-refractivity contribution in [3.8, 4) is 0 Å². The van der Waals surface area contributed by atoms with Crippen LogP contribution in [0, 0.1) is 6.92 Å². The highest BCUT2D eigenvalue weighted by atomic mass is 35.5. The van der Waals surface area contributed by atoms with Crippen LogP contribution in [0.4, 0.5) is 0 Å². The minimum Gasteiger partial charge on any atom is -0.348 e. The fourth-order valence-electron chi connectivity index (χ4n) is 2.65. The number of aryl methyl sites for hydroxylation is 1. The van der Waals surface area contributed by atoms with Crippen LogP contribution in [-0.2, 0) is 31.9 Å². The number of hydrogen-bond donors (Lipinski definition) is 1. The van der Waals surface area contributed by atoms with Gasteiger partial charge >= 0.3 is 0 Å². The molecule has 0 aliphatic carbocycles. The van der Waals surface area contributed by atoms with Crippen molar-refractivity contribution in [3.05, 3.63) is 82.4 Å². The number of aromatic nitrogens is 2. The van der Waals surface area contributed by atoms with Gasteiger partial charge in [-0.2, -0.15) is 8.42 Å². The monoisotopic (exact) mass is 472 g/mol. The van der Waals surface area contributed by atoms with Crippen LogP contribution in [0.3, 0.4) is 0 Å². The average molecular weight is 473 g/mol. The summed E-state index contributed by atoms with van der Waals surface area (Å²) >= 11 is 12.2. The van der Waals surface area contributed by atoms with Crippen molar-refractivity contribution in [2.24, 2.45) is 0 Å². The first-order valence-electron chi connectivity index (χ1n) is 8.67. The number of halogens is 2. The van der Waals surface area contributed by atoms with E-state index < -0.39 is 15.9 Å². The van der Waals surface area contributed by atoms with Gasteiger partial charge in [0.05, 0.1) is 22.8 Å². The molecule has 0 aliphatic rings. The van der Waals surface area contributed by atoms with E-state index in [0.717, 1.165) is 11.1 Å². The van der Waals surface area contributed by atoms with Gasteiger partial charge in [-0.05, 0) is 31.2 Å². The van der Waals surface area contributed by atoms with E-state index in [0.29, 0.717) is 16.6 Å². The Hall–Kier alpha value is -1.94. The molecule has 0 saturated carbocycles. The molecule has 0 aliphatic heterocycles. The fourth-order valence-corrected chi connectivity index (χ4v) is 3.68. The summed E-state index contributed by atoms with van der Waals surface area (Å²) in [6.45, 7) is 2.27. The van der Waals surface area contributed by atoms with Gasteiger partial charge in [0.2, 0.25) is 5.79 Å². The van der Waals surface area contributed by atoms with E-state index in [4.69, 9.17) is 37.2 Å². The lowest BCUT2D eigenvalue weighted by Crippen LogP contribution is -2.35. The molecule has 0 bridgehead atoms. The fraction of sp³-hybridized carbons (Fsp3) is 0.250. The lowest BCUT2D eigenvalue weighted by atomic mass is 10.1. The standard InChI is InChI=1S/C13H14Cl2N2O2.C7H8O3S/c1-18-13(19-2,8-17-6-5-16-9-17)11-4-3-10(14)7-12(11)15;1-6-2-4-7(5-3-6)11(8,9)10/h3-7,9H,8H2,1-2H3;2-5H,1H3,(H,8,9,10). The highest BCUT2D eigenvalue weighted by Gasteiger charge is 2.34. The molecule has 0 spiro atoms. The lowest BCUT2D eigenvalue weighted by Gasteiger charge is -2.32. The molecule has 1 aromatic heterocycles. The number of benzene rings is 2. The van der Waals surface area contributed by atoms with Crippen LogP contribution in [0.2, 0.25) is 10.0 Å². The summed E-state index contributed by atoms with van der Waals surface area (Å²) in [6.07, 6.45) is 5.22. The topological polar surface area (TPSA) is 90.7 Å². The highest BCUT2D eigenvalue weighted by molar-refractivity contribution is 7.85. The third-order valence-electron chi connectivity index (χ3n) is 4.27. The quantitative estimate of drug-likeness (QED) is 0.417. The number of ether oxygens (including phenoxy) is 2. The van der Waals surface area contributed by atoms with Gasteiger partial charge in [-0.25, -0.2) is 4.98 Å². The Morgan fingerprint density at radius 3 is 2.20 bits per heavy atom. The second kappa shape index (κ2) is 10.4. The summed E-state index contributed by atoms with van der Waals surface area (Å²) in [5.74, 6) is -0.984. The molecule has 0 unspecified atom stereocenters. The van der Waals surface area contributed by atoms with E-state index in [1.165, 1.54) is 12.1 Å². The second-order valence-corrected chi connectivity index (χ2v) is 8.57. The van der Waals surface area contributed by atoms with E-state index >= 15 is 0 Å². The molecule has 7 nitrogen and oxygen atoms in total. The zero-order valence-electron chi connectivity index (χ0n) is 16.6. The Balaban J connectivity index is 0.000000248. The van der Waals surface area contributed by atoms with E-state index in [1.807, 2.05) is 17.7 Å². The van der Waals surface area contributed by atoms with Gasteiger partial charge in [-0.3, -0.25) is 4.55 Å². The van der Waals surface area contributed by atoms with Crippen LogP contribution in [0.1, 0.15) is 11.1 Å². The Morgan fingerprint density at radius 1 is 1.10 bits per heavy atom. The van der Waals surface area contributed by atoms with Crippen molar-refractivity contribution < 1.29 is 22.4 Å². The van der Waals surface area contributed by atoms with Gasteiger partial charge < -0.3 is 14.0 Å². The maximum absolute atomic E-state index is 10.5. The number of rotatable bonds is 6. The van der Waals surface area contributed by atoms with Gasteiger partial charge in [0.15, 0.2) is 0 Å². The molecule has 0 amide bonds. The Kier molecular flexibility index (Phi) is 8.42. The molecular formula is C20H22Cl2N2O5S. The van der Waals surface area contributed by atoms with Crippen molar-refractivity contribution in [1.29, 1.82) is 0 Å². The maximum atomic E-state index is 10.5. The first-order valence-corrected chi connectivity index (χ1v) is 10.9. The molecule has 3 rings (SSSR count). The lowest BCUT2D eigenvalue weighted by molar-refractivity contribution is -0.224. The number of methoxy groups -OCH3 is 2. The normalized spacial score (nSPS) is 11.7. The summed E-state index contributed by atoms with van der Waals surface area (Å²) in [5.41, 5.74) is 1.68. The minimum atomic E-state index is -4.02. The second-order valence-electron chi connectivity index (χ2n) is 6.31. The molecular weight excluding hydrogens is 451 g/mol. The summed E-state index contributed by atoms with van der Waals surface area (Å²) in [4.78, 5) is 3.94. The van der Waals surface area contributed by atoms with Gasteiger partial charge in [-0.15, -0.1) is 0 Å². The summed E-state index contributed by atoms with van der Waals surface area (Å²) in [5, 5.41) is 1.06. The molecule has 30 heavy (non-hydrogen) atoms. The Morgan fingerprint density at radius 2 is 1.73 bits per heavy atom. The van der Waals surface area contributed by atoms with Crippen LogP contribution in [0.5, 0.6) is 0 Å². The van der Waals surface area contributed by atoms with E-state index in [1.54, 1.807) is 57.1 Å². The third-order valence-corrected chi connectivity index (χ3v) is 5.69. The maximum Gasteiger partial charge on any atom is 0.294 e. The molecule has 0 fully saturated rings. The summed E-state index contributed by atoms with van der Waals surface area (Å²) in [6, 6.07) is 11.2. The predicted octanol–water partition coefficient (Wildman–Crippen LogP) is 4.58. The molecule has 162 valence electrons. The van der Waals surface area contributed by atoms with Crippen LogP contribution >= 0.6 is 23.2 Å². The molecule has 0 saturated heterocycles. The Labute approximate surface area is 185 Å². The van der Waals surface area contributed by atoms with Crippen molar-refractivity contribution in [2.75, 3.05) is 14.2 Å². The van der Waals surface area contributed by atoms with Crippen molar-refractivity contribution >= 4 is 33.3 Å². The first kappa shape index (κ1) is 24.3. The average Bonchev–Trinajstić information content (AvgIpc) is 3.19. The molecule has 1 N–H and O–H groups in total. The SMILES string of the molecule is COC(Cn1ccnc1)(OC)c1ccc(Cl)cc1Cl.Cc1ccc(S(=O)(=O)O)cc1. The Bertz CT molecular complexity index is 1050. The smallest absolute Gasteiger partial charge is 0.294 e. The van der Waals surface area contributed by atoms with Crippen molar-refractivity contribution in [2.45, 2.75) is 24.2 Å². The van der Waals surface area contributed by atoms with Gasteiger partial charge in [0, 0.05) is 37.2 Å². The molecule has 3 aromatic rings. The van der Waals surface area contributed by atoms with Crippen LogP contribution in [0.15, 0.2) is 66.1 Å². The van der Waals surface area contributed by atoms with Crippen LogP contribution in [0.25, 0.3) is 0 Å². The third kappa shape index (κ3) is 6.28. The van der Waals surface area contributed by atoms with Gasteiger partial charge in [-0.1, -0.05) is 47.0 Å². The molecule has 0 radical (unpaired) electrons. The summed E-state index contributed by atoms with van der Waals surface area (Å²) < 4.78 is 42.5. The van der Waals surface area contributed by atoms with Crippen molar-refractivity contribution in [1.82, 2.24) is 9.55 Å². The number of imidazole rings is 1. The van der Waals surface area contributed by atoms with Crippen LogP contribution < -0.4 is 0 Å².